The Morgan fingerprint density at radius 3 is 2.52 bits per heavy atom. The largest absolute Gasteiger partial charge is 0.465 e. The van der Waals surface area contributed by atoms with Crippen molar-refractivity contribution in [2.24, 2.45) is 4.99 Å². The first-order chi connectivity index (χ1) is 13.2. The molecule has 2 heterocycles. The van der Waals surface area contributed by atoms with E-state index in [1.807, 2.05) is 24.3 Å². The third-order valence-corrected chi connectivity index (χ3v) is 5.15. The first-order valence-electron chi connectivity index (χ1n) is 9.14. The maximum Gasteiger partial charge on any atom is 0.337 e. The number of hydrogen-bond acceptors (Lipinski definition) is 5. The lowest BCUT2D eigenvalue weighted by Gasteiger charge is -2.43. The first-order valence-corrected chi connectivity index (χ1v) is 9.14. The molecular formula is C21H23N3O3. The third-order valence-electron chi connectivity index (χ3n) is 5.15. The number of methoxy groups -OCH3 is 1. The quantitative estimate of drug-likeness (QED) is 0.815. The number of nitrogens with zero attached hydrogens (tertiary/aromatic N) is 1. The molecule has 0 saturated carbocycles. The predicted molar refractivity (Wildman–Crippen MR) is 105 cm³/mol. The zero-order valence-electron chi connectivity index (χ0n) is 15.3. The summed E-state index contributed by atoms with van der Waals surface area (Å²) in [5.74, 6) is 0.616. The number of anilines is 2. The van der Waals surface area contributed by atoms with E-state index < -0.39 is 0 Å². The van der Waals surface area contributed by atoms with Gasteiger partial charge in [0.1, 0.15) is 5.84 Å². The maximum absolute atomic E-state index is 11.6. The van der Waals surface area contributed by atoms with E-state index in [9.17, 15) is 4.79 Å². The number of hydrogen-bond donors (Lipinski definition) is 2. The van der Waals surface area contributed by atoms with Crippen molar-refractivity contribution in [2.75, 3.05) is 31.0 Å². The van der Waals surface area contributed by atoms with Gasteiger partial charge in [-0.15, -0.1) is 0 Å². The number of esters is 1. The second kappa shape index (κ2) is 7.40. The molecular weight excluding hydrogens is 342 g/mol. The zero-order valence-corrected chi connectivity index (χ0v) is 15.3. The van der Waals surface area contributed by atoms with Crippen molar-refractivity contribution in [1.29, 1.82) is 0 Å². The number of ether oxygens (including phenoxy) is 2. The number of carbonyl (C=O) groups is 1. The summed E-state index contributed by atoms with van der Waals surface area (Å²) in [5, 5.41) is 7.22. The SMILES string of the molecule is COC(=O)c1ccc(CN=C2Nc3ccccc3NC23CCOCC3)cc1. The predicted octanol–water partition coefficient (Wildman–Crippen LogP) is 3.46. The number of benzene rings is 2. The Morgan fingerprint density at radius 2 is 1.81 bits per heavy atom. The molecule has 0 aliphatic carbocycles. The van der Waals surface area contributed by atoms with E-state index >= 15 is 0 Å². The topological polar surface area (TPSA) is 72.0 Å². The number of amidine groups is 1. The minimum Gasteiger partial charge on any atom is -0.465 e. The molecule has 1 spiro atoms. The summed E-state index contributed by atoms with van der Waals surface area (Å²) >= 11 is 0. The van der Waals surface area contributed by atoms with Crippen LogP contribution in [0.15, 0.2) is 53.5 Å². The van der Waals surface area contributed by atoms with E-state index in [0.717, 1.165) is 35.6 Å². The van der Waals surface area contributed by atoms with Gasteiger partial charge in [0.05, 0.1) is 36.1 Å². The van der Waals surface area contributed by atoms with Gasteiger partial charge >= 0.3 is 5.97 Å². The van der Waals surface area contributed by atoms with Gasteiger partial charge in [0.2, 0.25) is 0 Å². The molecule has 0 aromatic heterocycles. The average molecular weight is 365 g/mol. The molecule has 27 heavy (non-hydrogen) atoms. The summed E-state index contributed by atoms with van der Waals surface area (Å²) in [6.45, 7) is 1.96. The molecule has 6 heteroatoms. The fraction of sp³-hybridized carbons (Fsp3) is 0.333. The normalized spacial score (nSPS) is 19.1. The highest BCUT2D eigenvalue weighted by atomic mass is 16.5. The van der Waals surface area contributed by atoms with Gasteiger partial charge in [0.25, 0.3) is 0 Å². The summed E-state index contributed by atoms with van der Waals surface area (Å²) in [4.78, 5) is 16.5. The van der Waals surface area contributed by atoms with E-state index in [1.165, 1.54) is 7.11 Å². The van der Waals surface area contributed by atoms with E-state index in [0.29, 0.717) is 25.3 Å². The fourth-order valence-corrected chi connectivity index (χ4v) is 3.57. The van der Waals surface area contributed by atoms with Crippen molar-refractivity contribution in [3.63, 3.8) is 0 Å². The average Bonchev–Trinajstić information content (AvgIpc) is 2.72. The summed E-state index contributed by atoms with van der Waals surface area (Å²) in [5.41, 5.74) is 3.49. The van der Waals surface area contributed by atoms with Crippen molar-refractivity contribution < 1.29 is 14.3 Å². The van der Waals surface area contributed by atoms with Crippen LogP contribution in [0.3, 0.4) is 0 Å². The Labute approximate surface area is 158 Å². The van der Waals surface area contributed by atoms with Crippen molar-refractivity contribution in [3.05, 3.63) is 59.7 Å². The molecule has 2 aromatic carbocycles. The molecule has 0 atom stereocenters. The first kappa shape index (κ1) is 17.5. The summed E-state index contributed by atoms with van der Waals surface area (Å²) in [6.07, 6.45) is 1.74. The van der Waals surface area contributed by atoms with Crippen LogP contribution < -0.4 is 10.6 Å². The molecule has 2 N–H and O–H groups in total. The van der Waals surface area contributed by atoms with Crippen molar-refractivity contribution in [3.8, 4) is 0 Å². The van der Waals surface area contributed by atoms with E-state index in [-0.39, 0.29) is 11.5 Å². The lowest BCUT2D eigenvalue weighted by Crippen LogP contribution is -2.55. The van der Waals surface area contributed by atoms with Gasteiger partial charge in [-0.05, 0) is 29.8 Å². The number of fused-ring (bicyclic) bond motifs is 1. The molecule has 0 radical (unpaired) electrons. The highest BCUT2D eigenvalue weighted by Gasteiger charge is 2.41. The third kappa shape index (κ3) is 3.53. The second-order valence-corrected chi connectivity index (χ2v) is 6.84. The van der Waals surface area contributed by atoms with Gasteiger partial charge in [0.15, 0.2) is 0 Å². The van der Waals surface area contributed by atoms with Gasteiger partial charge < -0.3 is 20.1 Å². The molecule has 0 amide bonds. The van der Waals surface area contributed by atoms with Gasteiger partial charge in [0, 0.05) is 26.1 Å². The Balaban J connectivity index is 1.59. The van der Waals surface area contributed by atoms with E-state index in [1.54, 1.807) is 12.1 Å². The van der Waals surface area contributed by atoms with Crippen LogP contribution in [0, 0.1) is 0 Å². The highest BCUT2D eigenvalue weighted by Crippen LogP contribution is 2.36. The molecule has 140 valence electrons. The van der Waals surface area contributed by atoms with Gasteiger partial charge in [-0.25, -0.2) is 4.79 Å². The summed E-state index contributed by atoms with van der Waals surface area (Å²) in [6, 6.07) is 15.6. The molecule has 2 aromatic rings. The van der Waals surface area contributed by atoms with Crippen molar-refractivity contribution >= 4 is 23.2 Å². The number of para-hydroxylation sites is 2. The molecule has 2 aliphatic heterocycles. The standard InChI is InChI=1S/C21H23N3O3/c1-26-19(25)16-8-6-15(7-9-16)14-22-20-21(10-12-27-13-11-21)24-18-5-3-2-4-17(18)23-20/h2-9,24H,10-14H2,1H3,(H,22,23). The van der Waals surface area contributed by atoms with Gasteiger partial charge in [-0.1, -0.05) is 24.3 Å². The van der Waals surface area contributed by atoms with Crippen LogP contribution in [0.2, 0.25) is 0 Å². The van der Waals surface area contributed by atoms with E-state index in [4.69, 9.17) is 14.5 Å². The Kier molecular flexibility index (Phi) is 4.81. The van der Waals surface area contributed by atoms with E-state index in [2.05, 4.69) is 22.8 Å². The van der Waals surface area contributed by atoms with Crippen LogP contribution >= 0.6 is 0 Å². The maximum atomic E-state index is 11.6. The Morgan fingerprint density at radius 1 is 1.11 bits per heavy atom. The summed E-state index contributed by atoms with van der Waals surface area (Å²) in [7, 11) is 1.38. The van der Waals surface area contributed by atoms with Crippen LogP contribution in [0.25, 0.3) is 0 Å². The minimum absolute atomic E-state index is 0.224. The molecule has 0 unspecified atom stereocenters. The number of nitrogens with one attached hydrogen (secondary N) is 2. The van der Waals surface area contributed by atoms with Gasteiger partial charge in [-0.3, -0.25) is 4.99 Å². The number of aliphatic imine (C=N–C) groups is 1. The minimum atomic E-state index is -0.330. The van der Waals surface area contributed by atoms with Crippen molar-refractivity contribution in [2.45, 2.75) is 24.9 Å². The molecule has 4 rings (SSSR count). The monoisotopic (exact) mass is 365 g/mol. The van der Waals surface area contributed by atoms with Crippen LogP contribution in [0.5, 0.6) is 0 Å². The molecule has 6 nitrogen and oxygen atoms in total. The lowest BCUT2D eigenvalue weighted by atomic mass is 9.86. The molecule has 1 fully saturated rings. The molecule has 1 saturated heterocycles. The lowest BCUT2D eigenvalue weighted by molar-refractivity contribution is 0.0600. The molecule has 2 aliphatic rings. The Bertz CT molecular complexity index is 855. The fourth-order valence-electron chi connectivity index (χ4n) is 3.57. The second-order valence-electron chi connectivity index (χ2n) is 6.84. The van der Waals surface area contributed by atoms with Crippen LogP contribution in [0.4, 0.5) is 11.4 Å². The van der Waals surface area contributed by atoms with Crippen LogP contribution in [-0.4, -0.2) is 37.7 Å². The summed E-state index contributed by atoms with van der Waals surface area (Å²) < 4.78 is 10.3. The smallest absolute Gasteiger partial charge is 0.337 e. The number of carbonyl (C=O) groups excluding carboxylic acids is 1. The van der Waals surface area contributed by atoms with Crippen molar-refractivity contribution in [1.82, 2.24) is 0 Å². The molecule has 0 bridgehead atoms. The number of rotatable bonds is 3. The van der Waals surface area contributed by atoms with Crippen LogP contribution in [-0.2, 0) is 16.0 Å². The highest BCUT2D eigenvalue weighted by molar-refractivity contribution is 6.09. The van der Waals surface area contributed by atoms with Gasteiger partial charge in [-0.2, -0.15) is 0 Å². The Hall–Kier alpha value is -2.86. The zero-order chi connectivity index (χ0) is 18.7. The van der Waals surface area contributed by atoms with Crippen LogP contribution in [0.1, 0.15) is 28.8 Å².